The molecule has 0 unspecified atom stereocenters. The Balaban J connectivity index is 1.65. The first-order chi connectivity index (χ1) is 12.4. The van der Waals surface area contributed by atoms with Crippen LogP contribution in [0.2, 0.25) is 5.02 Å². The Bertz CT molecular complexity index is 827. The molecule has 1 aromatic heterocycles. The highest BCUT2D eigenvalue weighted by atomic mass is 35.5. The van der Waals surface area contributed by atoms with Crippen molar-refractivity contribution >= 4 is 17.5 Å². The van der Waals surface area contributed by atoms with E-state index in [1.165, 1.54) is 0 Å². The van der Waals surface area contributed by atoms with Crippen molar-refractivity contribution in [3.05, 3.63) is 52.3 Å². The summed E-state index contributed by atoms with van der Waals surface area (Å²) < 4.78 is 0. The molecule has 1 heterocycles. The van der Waals surface area contributed by atoms with Crippen molar-refractivity contribution in [3.63, 3.8) is 0 Å². The molecule has 0 radical (unpaired) electrons. The van der Waals surface area contributed by atoms with Crippen LogP contribution < -0.4 is 11.1 Å². The Morgan fingerprint density at radius 1 is 1.42 bits per heavy atom. The molecule has 136 valence electrons. The molecule has 0 aliphatic heterocycles. The molecule has 26 heavy (non-hydrogen) atoms. The third kappa shape index (κ3) is 3.98. The molecule has 1 saturated carbocycles. The summed E-state index contributed by atoms with van der Waals surface area (Å²) in [7, 11) is 0. The van der Waals surface area contributed by atoms with Gasteiger partial charge in [-0.1, -0.05) is 37.6 Å². The Labute approximate surface area is 159 Å². The van der Waals surface area contributed by atoms with E-state index in [1.54, 1.807) is 6.20 Å². The lowest BCUT2D eigenvalue weighted by molar-refractivity contribution is 0.0375. The van der Waals surface area contributed by atoms with Gasteiger partial charge in [-0.2, -0.15) is 5.26 Å². The van der Waals surface area contributed by atoms with Crippen molar-refractivity contribution < 1.29 is 0 Å². The molecule has 3 rings (SSSR count). The van der Waals surface area contributed by atoms with E-state index < -0.39 is 0 Å². The van der Waals surface area contributed by atoms with E-state index in [2.05, 4.69) is 35.2 Å². The third-order valence-corrected chi connectivity index (χ3v) is 5.80. The molecule has 5 nitrogen and oxygen atoms in total. The van der Waals surface area contributed by atoms with Crippen LogP contribution in [0.4, 0.5) is 5.95 Å². The van der Waals surface area contributed by atoms with E-state index in [4.69, 9.17) is 17.3 Å². The number of nitrogens with zero attached hydrogens (tertiary/aromatic N) is 3. The van der Waals surface area contributed by atoms with Gasteiger partial charge >= 0.3 is 0 Å². The molecule has 1 aliphatic rings. The maximum atomic E-state index is 9.36. The second-order valence-corrected chi connectivity index (χ2v) is 7.97. The van der Waals surface area contributed by atoms with Gasteiger partial charge in [0, 0.05) is 17.6 Å². The average Bonchev–Trinajstić information content (AvgIpc) is 2.62. The van der Waals surface area contributed by atoms with Crippen LogP contribution in [0.1, 0.15) is 37.1 Å². The molecule has 1 fully saturated rings. The molecule has 1 aliphatic carbocycles. The van der Waals surface area contributed by atoms with Crippen LogP contribution in [-0.2, 0) is 12.8 Å². The lowest BCUT2D eigenvalue weighted by Crippen LogP contribution is -2.55. The summed E-state index contributed by atoms with van der Waals surface area (Å²) in [5.74, 6) is 1.00. The first-order valence-electron chi connectivity index (χ1n) is 8.90. The largest absolute Gasteiger partial charge is 0.354 e. The zero-order valence-electron chi connectivity index (χ0n) is 15.2. The maximum absolute atomic E-state index is 9.36. The van der Waals surface area contributed by atoms with Gasteiger partial charge in [0.1, 0.15) is 6.07 Å². The van der Waals surface area contributed by atoms with Crippen molar-refractivity contribution in [2.45, 2.75) is 39.2 Å². The minimum absolute atomic E-state index is 0.0812. The summed E-state index contributed by atoms with van der Waals surface area (Å²) in [5, 5.41) is 13.3. The maximum Gasteiger partial charge on any atom is 0.222 e. The smallest absolute Gasteiger partial charge is 0.222 e. The van der Waals surface area contributed by atoms with Crippen LogP contribution in [0.15, 0.2) is 30.5 Å². The number of nitriles is 1. The normalized spacial score (nSPS) is 20.9. The van der Waals surface area contributed by atoms with Crippen LogP contribution >= 0.6 is 11.6 Å². The van der Waals surface area contributed by atoms with E-state index in [0.717, 1.165) is 35.5 Å². The number of anilines is 1. The second-order valence-electron chi connectivity index (χ2n) is 7.54. The van der Waals surface area contributed by atoms with Crippen LogP contribution in [0.25, 0.3) is 0 Å². The third-order valence-electron chi connectivity index (χ3n) is 5.56. The van der Waals surface area contributed by atoms with Gasteiger partial charge in [0.05, 0.1) is 17.5 Å². The van der Waals surface area contributed by atoms with E-state index in [1.807, 2.05) is 24.3 Å². The fraction of sp³-hybridized carbons (Fsp3) is 0.450. The van der Waals surface area contributed by atoms with E-state index in [-0.39, 0.29) is 11.5 Å². The molecule has 2 aromatic rings. The minimum atomic E-state index is 0.0812. The van der Waals surface area contributed by atoms with Gasteiger partial charge in [0.25, 0.3) is 0 Å². The quantitative estimate of drug-likeness (QED) is 0.812. The minimum Gasteiger partial charge on any atom is -0.354 e. The van der Waals surface area contributed by atoms with E-state index >= 15 is 0 Å². The number of halogens is 1. The highest BCUT2D eigenvalue weighted by Crippen LogP contribution is 2.46. The Kier molecular flexibility index (Phi) is 5.45. The average molecular weight is 370 g/mol. The zero-order chi connectivity index (χ0) is 18.7. The molecular weight excluding hydrogens is 346 g/mol. The van der Waals surface area contributed by atoms with Crippen molar-refractivity contribution in [2.24, 2.45) is 17.1 Å². The monoisotopic (exact) mass is 369 g/mol. The summed E-state index contributed by atoms with van der Waals surface area (Å²) in [5.41, 5.74) is 8.70. The highest BCUT2D eigenvalue weighted by molar-refractivity contribution is 6.30. The number of benzene rings is 1. The van der Waals surface area contributed by atoms with Gasteiger partial charge in [-0.05, 0) is 48.3 Å². The van der Waals surface area contributed by atoms with E-state index in [9.17, 15) is 5.26 Å². The molecule has 0 bridgehead atoms. The Morgan fingerprint density at radius 2 is 2.23 bits per heavy atom. The summed E-state index contributed by atoms with van der Waals surface area (Å²) >= 11 is 6.01. The van der Waals surface area contributed by atoms with Crippen LogP contribution in [0.5, 0.6) is 0 Å². The number of nitrogens with one attached hydrogen (secondary N) is 1. The highest BCUT2D eigenvalue weighted by Gasteiger charge is 2.45. The first-order valence-corrected chi connectivity index (χ1v) is 9.28. The predicted octanol–water partition coefficient (Wildman–Crippen LogP) is 3.57. The first kappa shape index (κ1) is 18.6. The standard InChI is InChI=1S/C20H24ClN5/c1-20(2)15(10-18(20)23)9-17-14(11-22)12-25-19(26-17)24-7-6-13-4-3-5-16(21)8-13/h3-5,8,12,15,18H,6-7,9-10,23H2,1-2H3,(H,24,25,26)/t15-,18+/m1/s1. The van der Waals surface area contributed by atoms with Crippen molar-refractivity contribution in [1.29, 1.82) is 5.26 Å². The molecule has 0 saturated heterocycles. The van der Waals surface area contributed by atoms with Crippen LogP contribution in [0, 0.1) is 22.7 Å². The Morgan fingerprint density at radius 3 is 2.88 bits per heavy atom. The lowest BCUT2D eigenvalue weighted by Gasteiger charge is -2.50. The number of rotatable bonds is 6. The van der Waals surface area contributed by atoms with Crippen LogP contribution in [-0.4, -0.2) is 22.6 Å². The van der Waals surface area contributed by atoms with Gasteiger partial charge in [0.2, 0.25) is 5.95 Å². The van der Waals surface area contributed by atoms with Gasteiger partial charge in [-0.3, -0.25) is 0 Å². The Hall–Kier alpha value is -2.16. The van der Waals surface area contributed by atoms with Gasteiger partial charge in [0.15, 0.2) is 0 Å². The fourth-order valence-electron chi connectivity index (χ4n) is 3.40. The lowest BCUT2D eigenvalue weighted by atomic mass is 9.57. The second kappa shape index (κ2) is 7.61. The summed E-state index contributed by atoms with van der Waals surface area (Å²) in [6.45, 7) is 5.07. The van der Waals surface area contributed by atoms with Crippen molar-refractivity contribution in [3.8, 4) is 6.07 Å². The summed E-state index contributed by atoms with van der Waals surface area (Å²) in [6.07, 6.45) is 4.16. The van der Waals surface area contributed by atoms with Gasteiger partial charge in [-0.15, -0.1) is 0 Å². The molecule has 3 N–H and O–H groups in total. The zero-order valence-corrected chi connectivity index (χ0v) is 15.9. The fourth-order valence-corrected chi connectivity index (χ4v) is 3.61. The van der Waals surface area contributed by atoms with Crippen molar-refractivity contribution in [2.75, 3.05) is 11.9 Å². The number of hydrogen-bond acceptors (Lipinski definition) is 5. The van der Waals surface area contributed by atoms with E-state index in [0.29, 0.717) is 24.0 Å². The molecule has 6 heteroatoms. The van der Waals surface area contributed by atoms with Crippen molar-refractivity contribution in [1.82, 2.24) is 9.97 Å². The topological polar surface area (TPSA) is 87.6 Å². The predicted molar refractivity (Wildman–Crippen MR) is 104 cm³/mol. The molecular formula is C20H24ClN5. The SMILES string of the molecule is CC1(C)[C@H](Cc2nc(NCCc3cccc(Cl)c3)ncc2C#N)C[C@@H]1N. The number of aromatic nitrogens is 2. The molecule has 0 amide bonds. The molecule has 1 aromatic carbocycles. The summed E-state index contributed by atoms with van der Waals surface area (Å²) in [6, 6.07) is 10.2. The van der Waals surface area contributed by atoms with Gasteiger partial charge < -0.3 is 11.1 Å². The molecule has 0 spiro atoms. The molecule has 2 atom stereocenters. The summed E-state index contributed by atoms with van der Waals surface area (Å²) in [4.78, 5) is 8.86. The van der Waals surface area contributed by atoms with Crippen LogP contribution in [0.3, 0.4) is 0 Å². The van der Waals surface area contributed by atoms with Gasteiger partial charge in [-0.25, -0.2) is 9.97 Å². The number of nitrogens with two attached hydrogens (primary N) is 1. The number of hydrogen-bond donors (Lipinski definition) is 2.